The molecule has 1 aliphatic heterocycles. The Hall–Kier alpha value is -0.610. The number of aliphatic carboxylic acids is 1. The summed E-state index contributed by atoms with van der Waals surface area (Å²) in [5, 5.41) is 8.49. The molecule has 13 heavy (non-hydrogen) atoms. The molecule has 0 aromatic carbocycles. The summed E-state index contributed by atoms with van der Waals surface area (Å²) < 4.78 is 10.7. The van der Waals surface area contributed by atoms with E-state index in [2.05, 4.69) is 0 Å². The van der Waals surface area contributed by atoms with Gasteiger partial charge in [-0.05, 0) is 26.2 Å². The fourth-order valence-corrected chi connectivity index (χ4v) is 1.37. The molecule has 1 saturated heterocycles. The molecule has 0 aliphatic carbocycles. The van der Waals surface area contributed by atoms with Crippen molar-refractivity contribution in [1.82, 2.24) is 0 Å². The van der Waals surface area contributed by atoms with Crippen molar-refractivity contribution >= 4 is 5.97 Å². The average molecular weight is 188 g/mol. The first-order valence-corrected chi connectivity index (χ1v) is 4.67. The lowest BCUT2D eigenvalue weighted by Gasteiger charge is -2.25. The van der Waals surface area contributed by atoms with Crippen LogP contribution in [0.4, 0.5) is 0 Å². The zero-order valence-electron chi connectivity index (χ0n) is 7.86. The molecule has 0 spiro atoms. The fourth-order valence-electron chi connectivity index (χ4n) is 1.37. The van der Waals surface area contributed by atoms with Crippen molar-refractivity contribution in [3.8, 4) is 0 Å². The summed E-state index contributed by atoms with van der Waals surface area (Å²) in [7, 11) is 0. The number of rotatable bonds is 4. The van der Waals surface area contributed by atoms with Gasteiger partial charge in [0.05, 0.1) is 12.5 Å². The van der Waals surface area contributed by atoms with Crippen molar-refractivity contribution in [2.45, 2.75) is 45.0 Å². The largest absolute Gasteiger partial charge is 0.481 e. The molecule has 1 N–H and O–H groups in total. The molecule has 1 heterocycles. The van der Waals surface area contributed by atoms with E-state index in [1.165, 1.54) is 0 Å². The summed E-state index contributed by atoms with van der Waals surface area (Å²) in [6.45, 7) is 2.48. The van der Waals surface area contributed by atoms with Gasteiger partial charge in [-0.15, -0.1) is 0 Å². The van der Waals surface area contributed by atoms with E-state index >= 15 is 0 Å². The van der Waals surface area contributed by atoms with E-state index in [4.69, 9.17) is 14.6 Å². The average Bonchev–Trinajstić information content (AvgIpc) is 2.04. The third-order valence-corrected chi connectivity index (χ3v) is 1.98. The van der Waals surface area contributed by atoms with Gasteiger partial charge in [0.15, 0.2) is 6.29 Å². The zero-order valence-corrected chi connectivity index (χ0v) is 7.86. The Labute approximate surface area is 77.8 Å². The number of hydrogen-bond donors (Lipinski definition) is 1. The molecule has 0 bridgehead atoms. The lowest BCUT2D eigenvalue weighted by Crippen LogP contribution is -2.27. The molecule has 0 amide bonds. The molecule has 1 unspecified atom stereocenters. The van der Waals surface area contributed by atoms with Gasteiger partial charge in [0.1, 0.15) is 0 Å². The summed E-state index contributed by atoms with van der Waals surface area (Å²) in [4.78, 5) is 10.3. The third kappa shape index (κ3) is 4.24. The van der Waals surface area contributed by atoms with Crippen molar-refractivity contribution in [3.63, 3.8) is 0 Å². The Bertz CT molecular complexity index is 163. The minimum absolute atomic E-state index is 0.0415. The van der Waals surface area contributed by atoms with Gasteiger partial charge in [0.25, 0.3) is 0 Å². The van der Waals surface area contributed by atoms with Gasteiger partial charge < -0.3 is 14.6 Å². The Balaban J connectivity index is 2.18. The summed E-state index contributed by atoms with van der Waals surface area (Å²) in [5.41, 5.74) is 0. The summed E-state index contributed by atoms with van der Waals surface area (Å²) in [5.74, 6) is -0.830. The molecule has 1 fully saturated rings. The van der Waals surface area contributed by atoms with Crippen LogP contribution in [0.25, 0.3) is 0 Å². The Morgan fingerprint density at radius 1 is 1.69 bits per heavy atom. The fraction of sp³-hybridized carbons (Fsp3) is 0.889. The quantitative estimate of drug-likeness (QED) is 0.724. The first-order valence-electron chi connectivity index (χ1n) is 4.67. The Kier molecular flexibility index (Phi) is 4.18. The number of carbonyl (C=O) groups is 1. The lowest BCUT2D eigenvalue weighted by atomic mass is 10.2. The maximum atomic E-state index is 10.3. The Morgan fingerprint density at radius 2 is 2.46 bits per heavy atom. The van der Waals surface area contributed by atoms with Gasteiger partial charge in [-0.25, -0.2) is 0 Å². The molecule has 0 saturated carbocycles. The third-order valence-electron chi connectivity index (χ3n) is 1.98. The van der Waals surface area contributed by atoms with Crippen LogP contribution in [0.2, 0.25) is 0 Å². The second kappa shape index (κ2) is 5.19. The standard InChI is InChI=1S/C9H16O4/c1-7(6-8(10)11)13-9-4-2-3-5-12-9/h7,9H,2-6H2,1H3,(H,10,11)/t7-,9?/m1/s1. The van der Waals surface area contributed by atoms with Crippen molar-refractivity contribution in [2.75, 3.05) is 6.61 Å². The monoisotopic (exact) mass is 188 g/mol. The van der Waals surface area contributed by atoms with Crippen molar-refractivity contribution in [3.05, 3.63) is 0 Å². The molecule has 0 radical (unpaired) electrons. The van der Waals surface area contributed by atoms with Crippen LogP contribution >= 0.6 is 0 Å². The highest BCUT2D eigenvalue weighted by molar-refractivity contribution is 5.67. The number of hydrogen-bond acceptors (Lipinski definition) is 3. The van der Waals surface area contributed by atoms with Gasteiger partial charge in [-0.2, -0.15) is 0 Å². The lowest BCUT2D eigenvalue weighted by molar-refractivity contribution is -0.188. The van der Waals surface area contributed by atoms with E-state index in [9.17, 15) is 4.79 Å². The maximum absolute atomic E-state index is 10.3. The maximum Gasteiger partial charge on any atom is 0.305 e. The highest BCUT2D eigenvalue weighted by atomic mass is 16.7. The molecular weight excluding hydrogens is 172 g/mol. The molecule has 1 rings (SSSR count). The topological polar surface area (TPSA) is 55.8 Å². The van der Waals surface area contributed by atoms with E-state index in [0.717, 1.165) is 25.9 Å². The summed E-state index contributed by atoms with van der Waals surface area (Å²) in [6, 6.07) is 0. The highest BCUT2D eigenvalue weighted by Gasteiger charge is 2.18. The predicted octanol–water partition coefficient (Wildman–Crippen LogP) is 1.39. The molecule has 1 aliphatic rings. The van der Waals surface area contributed by atoms with Crippen LogP contribution < -0.4 is 0 Å². The molecular formula is C9H16O4. The van der Waals surface area contributed by atoms with Gasteiger partial charge in [-0.3, -0.25) is 4.79 Å². The molecule has 4 nitrogen and oxygen atoms in total. The van der Waals surface area contributed by atoms with E-state index in [-0.39, 0.29) is 18.8 Å². The summed E-state index contributed by atoms with van der Waals surface area (Å²) in [6.07, 6.45) is 2.64. The first kappa shape index (κ1) is 10.5. The van der Waals surface area contributed by atoms with Gasteiger partial charge in [0, 0.05) is 6.61 Å². The van der Waals surface area contributed by atoms with E-state index in [1.807, 2.05) is 0 Å². The van der Waals surface area contributed by atoms with Gasteiger partial charge >= 0.3 is 5.97 Å². The van der Waals surface area contributed by atoms with E-state index < -0.39 is 5.97 Å². The van der Waals surface area contributed by atoms with Crippen LogP contribution in [0.15, 0.2) is 0 Å². The van der Waals surface area contributed by atoms with Crippen molar-refractivity contribution in [2.24, 2.45) is 0 Å². The smallest absolute Gasteiger partial charge is 0.305 e. The summed E-state index contributed by atoms with van der Waals surface area (Å²) >= 11 is 0. The number of carboxylic acid groups (broad SMARTS) is 1. The zero-order chi connectivity index (χ0) is 9.68. The molecule has 2 atom stereocenters. The van der Waals surface area contributed by atoms with Crippen LogP contribution in [0.5, 0.6) is 0 Å². The van der Waals surface area contributed by atoms with Crippen LogP contribution in [-0.4, -0.2) is 30.1 Å². The van der Waals surface area contributed by atoms with Crippen molar-refractivity contribution < 1.29 is 19.4 Å². The second-order valence-corrected chi connectivity index (χ2v) is 3.34. The van der Waals surface area contributed by atoms with E-state index in [0.29, 0.717) is 0 Å². The first-order chi connectivity index (χ1) is 6.18. The highest BCUT2D eigenvalue weighted by Crippen LogP contribution is 2.16. The van der Waals surface area contributed by atoms with Gasteiger partial charge in [0.2, 0.25) is 0 Å². The minimum atomic E-state index is -0.830. The van der Waals surface area contributed by atoms with Crippen LogP contribution in [0, 0.1) is 0 Å². The molecule has 0 aromatic rings. The normalized spacial score (nSPS) is 25.5. The Morgan fingerprint density at radius 3 is 3.00 bits per heavy atom. The van der Waals surface area contributed by atoms with Crippen LogP contribution in [0.1, 0.15) is 32.6 Å². The van der Waals surface area contributed by atoms with E-state index in [1.54, 1.807) is 6.92 Å². The SMILES string of the molecule is C[C@H](CC(=O)O)OC1CCCCO1. The number of ether oxygens (including phenoxy) is 2. The van der Waals surface area contributed by atoms with Crippen LogP contribution in [0.3, 0.4) is 0 Å². The molecule has 76 valence electrons. The van der Waals surface area contributed by atoms with Crippen molar-refractivity contribution in [1.29, 1.82) is 0 Å². The predicted molar refractivity (Wildman–Crippen MR) is 46.4 cm³/mol. The minimum Gasteiger partial charge on any atom is -0.481 e. The molecule has 4 heteroatoms. The van der Waals surface area contributed by atoms with Gasteiger partial charge in [-0.1, -0.05) is 0 Å². The van der Waals surface area contributed by atoms with Crippen LogP contribution in [-0.2, 0) is 14.3 Å². The second-order valence-electron chi connectivity index (χ2n) is 3.34. The molecule has 0 aromatic heterocycles. The number of carboxylic acids is 1.